The van der Waals surface area contributed by atoms with Crippen molar-refractivity contribution < 1.29 is 0 Å². The van der Waals surface area contributed by atoms with E-state index in [9.17, 15) is 0 Å². The third-order valence-corrected chi connectivity index (χ3v) is 9.60. The lowest BCUT2D eigenvalue weighted by Crippen LogP contribution is -2.11. The first-order valence-electron chi connectivity index (χ1n) is 17.1. The molecule has 0 aromatic heterocycles. The van der Waals surface area contributed by atoms with E-state index in [-0.39, 0.29) is 5.41 Å². The van der Waals surface area contributed by atoms with Gasteiger partial charge in [-0.05, 0) is 102 Å². The number of nitrogens with zero attached hydrogens (tertiary/aromatic N) is 1. The Kier molecular flexibility index (Phi) is 7.82. The molecule has 0 bridgehead atoms. The van der Waals surface area contributed by atoms with Gasteiger partial charge in [-0.15, -0.1) is 0 Å². The molecule has 0 fully saturated rings. The van der Waals surface area contributed by atoms with E-state index in [2.05, 4.69) is 208 Å². The molecule has 0 unspecified atom stereocenters. The van der Waals surface area contributed by atoms with Crippen molar-refractivity contribution in [3.8, 4) is 11.1 Å². The summed E-state index contributed by atoms with van der Waals surface area (Å²) in [6, 6.07) is 61.3. The number of benzene rings is 8. The molecule has 0 spiro atoms. The third-order valence-electron chi connectivity index (χ3n) is 9.60. The fourth-order valence-corrected chi connectivity index (χ4v) is 7.32. The minimum Gasteiger partial charge on any atom is -0.311 e. The Balaban J connectivity index is 1.25. The normalized spacial score (nSPS) is 11.9. The van der Waals surface area contributed by atoms with Gasteiger partial charge >= 0.3 is 0 Å². The number of hydrogen-bond donors (Lipinski definition) is 0. The Morgan fingerprint density at radius 1 is 0.388 bits per heavy atom. The van der Waals surface area contributed by atoms with Gasteiger partial charge < -0.3 is 4.90 Å². The fourth-order valence-electron chi connectivity index (χ4n) is 7.32. The minimum absolute atomic E-state index is 0.0521. The molecule has 0 aliphatic carbocycles. The van der Waals surface area contributed by atoms with E-state index in [1.807, 2.05) is 0 Å². The van der Waals surface area contributed by atoms with Gasteiger partial charge in [-0.25, -0.2) is 0 Å². The van der Waals surface area contributed by atoms with E-state index >= 15 is 0 Å². The molecule has 0 N–H and O–H groups in total. The van der Waals surface area contributed by atoms with Crippen molar-refractivity contribution >= 4 is 61.5 Å². The Bertz CT molecular complexity index is 2350. The highest BCUT2D eigenvalue weighted by Crippen LogP contribution is 2.44. The van der Waals surface area contributed by atoms with Crippen LogP contribution in [0.15, 0.2) is 170 Å². The summed E-state index contributed by atoms with van der Waals surface area (Å²) in [5.41, 5.74) is 9.80. The predicted octanol–water partition coefficient (Wildman–Crippen LogP) is 13.8. The van der Waals surface area contributed by atoms with Gasteiger partial charge in [0.05, 0.1) is 0 Å². The first-order valence-corrected chi connectivity index (χ1v) is 17.1. The maximum absolute atomic E-state index is 2.35. The van der Waals surface area contributed by atoms with Crippen molar-refractivity contribution in [2.45, 2.75) is 26.2 Å². The SMILES string of the molecule is CC(C)(C)c1ccc(-c2c3ccccc3c(C=Cc3ccc(N(c4ccccc4)c4ccccc4)cc3)c3ccccc23)c2ccccc12. The molecule has 1 heteroatoms. The smallest absolute Gasteiger partial charge is 0.0462 e. The van der Waals surface area contributed by atoms with Crippen LogP contribution in [0, 0.1) is 0 Å². The molecule has 0 aliphatic heterocycles. The van der Waals surface area contributed by atoms with Gasteiger partial charge in [0.1, 0.15) is 0 Å². The highest BCUT2D eigenvalue weighted by atomic mass is 15.1. The van der Waals surface area contributed by atoms with Crippen LogP contribution in [-0.4, -0.2) is 0 Å². The average Bonchev–Trinajstić information content (AvgIpc) is 3.14. The molecule has 49 heavy (non-hydrogen) atoms. The number of hydrogen-bond acceptors (Lipinski definition) is 1. The van der Waals surface area contributed by atoms with E-state index in [4.69, 9.17) is 0 Å². The quantitative estimate of drug-likeness (QED) is 0.131. The van der Waals surface area contributed by atoms with Gasteiger partial charge in [0.2, 0.25) is 0 Å². The lowest BCUT2D eigenvalue weighted by atomic mass is 9.80. The molecule has 236 valence electrons. The molecule has 0 saturated carbocycles. The van der Waals surface area contributed by atoms with Crippen molar-refractivity contribution in [2.75, 3.05) is 4.90 Å². The molecule has 0 heterocycles. The zero-order valence-electron chi connectivity index (χ0n) is 28.3. The maximum Gasteiger partial charge on any atom is 0.0462 e. The van der Waals surface area contributed by atoms with Crippen LogP contribution in [0.2, 0.25) is 0 Å². The monoisotopic (exact) mass is 629 g/mol. The lowest BCUT2D eigenvalue weighted by molar-refractivity contribution is 0.596. The highest BCUT2D eigenvalue weighted by Gasteiger charge is 2.21. The molecule has 1 nitrogen and oxygen atoms in total. The summed E-state index contributed by atoms with van der Waals surface area (Å²) in [6.07, 6.45) is 4.55. The van der Waals surface area contributed by atoms with Crippen LogP contribution in [0.1, 0.15) is 37.5 Å². The second kappa shape index (κ2) is 12.6. The summed E-state index contributed by atoms with van der Waals surface area (Å²) in [6.45, 7) is 6.91. The molecule has 0 saturated heterocycles. The van der Waals surface area contributed by atoms with Crippen molar-refractivity contribution in [2.24, 2.45) is 0 Å². The van der Waals surface area contributed by atoms with Gasteiger partial charge in [-0.1, -0.05) is 166 Å². The molecular weight excluding hydrogens is 591 g/mol. The zero-order chi connectivity index (χ0) is 33.4. The fraction of sp³-hybridized carbons (Fsp3) is 0.0833. The molecule has 8 aromatic rings. The van der Waals surface area contributed by atoms with Crippen molar-refractivity contribution in [3.05, 3.63) is 187 Å². The summed E-state index contributed by atoms with van der Waals surface area (Å²) in [4.78, 5) is 2.30. The van der Waals surface area contributed by atoms with Crippen molar-refractivity contribution in [1.29, 1.82) is 0 Å². The Hall–Kier alpha value is -5.92. The molecule has 8 rings (SSSR count). The standard InChI is InChI=1S/C48H39N/c1-48(2,3)46-33-32-45(40-22-10-13-23-42(40)46)47-43-24-14-11-20-38(43)41(39-21-12-15-25-44(39)47)31-28-34-26-29-37(30-27-34)49(35-16-6-4-7-17-35)36-18-8-5-9-19-36/h4-33H,1-3H3. The Morgan fingerprint density at radius 3 is 1.37 bits per heavy atom. The minimum atomic E-state index is 0.0521. The van der Waals surface area contributed by atoms with E-state index in [1.165, 1.54) is 54.6 Å². The van der Waals surface area contributed by atoms with Crippen LogP contribution in [0.4, 0.5) is 17.1 Å². The van der Waals surface area contributed by atoms with E-state index in [0.29, 0.717) is 0 Å². The summed E-state index contributed by atoms with van der Waals surface area (Å²) in [7, 11) is 0. The first-order chi connectivity index (χ1) is 24.0. The summed E-state index contributed by atoms with van der Waals surface area (Å²) in [5.74, 6) is 0. The van der Waals surface area contributed by atoms with E-state index in [1.54, 1.807) is 0 Å². The number of fused-ring (bicyclic) bond motifs is 3. The number of anilines is 3. The van der Waals surface area contributed by atoms with Crippen molar-refractivity contribution in [3.63, 3.8) is 0 Å². The number of rotatable bonds is 6. The molecule has 0 atom stereocenters. The lowest BCUT2D eigenvalue weighted by Gasteiger charge is -2.25. The van der Waals surface area contributed by atoms with Gasteiger partial charge in [0.15, 0.2) is 0 Å². The topological polar surface area (TPSA) is 3.24 Å². The van der Waals surface area contributed by atoms with Crippen molar-refractivity contribution in [1.82, 2.24) is 0 Å². The van der Waals surface area contributed by atoms with E-state index in [0.717, 1.165) is 22.6 Å². The van der Waals surface area contributed by atoms with Crippen LogP contribution in [0.3, 0.4) is 0 Å². The Morgan fingerprint density at radius 2 is 0.837 bits per heavy atom. The van der Waals surface area contributed by atoms with Gasteiger partial charge in [-0.2, -0.15) is 0 Å². The molecule has 0 radical (unpaired) electrons. The van der Waals surface area contributed by atoms with Crippen LogP contribution in [0.25, 0.3) is 55.6 Å². The molecular formula is C48H39N. The average molecular weight is 630 g/mol. The molecule has 0 amide bonds. The van der Waals surface area contributed by atoms with Crippen LogP contribution < -0.4 is 4.90 Å². The maximum atomic E-state index is 2.35. The van der Waals surface area contributed by atoms with Gasteiger partial charge in [-0.3, -0.25) is 0 Å². The van der Waals surface area contributed by atoms with E-state index < -0.39 is 0 Å². The summed E-state index contributed by atoms with van der Waals surface area (Å²) < 4.78 is 0. The molecule has 8 aromatic carbocycles. The third kappa shape index (κ3) is 5.68. The van der Waals surface area contributed by atoms with Crippen LogP contribution in [-0.2, 0) is 5.41 Å². The Labute approximate surface area is 289 Å². The zero-order valence-corrected chi connectivity index (χ0v) is 28.3. The summed E-state index contributed by atoms with van der Waals surface area (Å²) >= 11 is 0. The molecule has 0 aliphatic rings. The van der Waals surface area contributed by atoms with Gasteiger partial charge in [0, 0.05) is 17.1 Å². The van der Waals surface area contributed by atoms with Crippen LogP contribution in [0.5, 0.6) is 0 Å². The highest BCUT2D eigenvalue weighted by molar-refractivity contribution is 6.21. The summed E-state index contributed by atoms with van der Waals surface area (Å²) in [5, 5.41) is 7.68. The van der Waals surface area contributed by atoms with Crippen LogP contribution >= 0.6 is 0 Å². The largest absolute Gasteiger partial charge is 0.311 e. The second-order valence-corrected chi connectivity index (χ2v) is 13.8. The second-order valence-electron chi connectivity index (χ2n) is 13.8. The predicted molar refractivity (Wildman–Crippen MR) is 213 cm³/mol. The van der Waals surface area contributed by atoms with Gasteiger partial charge in [0.25, 0.3) is 0 Å². The first kappa shape index (κ1) is 30.4. The number of para-hydroxylation sites is 2.